The number of hydrazone groups is 2. The van der Waals surface area contributed by atoms with Crippen LogP contribution < -0.4 is 33.8 Å². The molecule has 0 atom stereocenters. The van der Waals surface area contributed by atoms with Gasteiger partial charge in [0.2, 0.25) is 11.9 Å². The average molecular weight is 713 g/mol. The molecule has 2 aromatic heterocycles. The van der Waals surface area contributed by atoms with Crippen LogP contribution in [-0.2, 0) is 9.59 Å². The zero-order valence-corrected chi connectivity index (χ0v) is 26.9. The van der Waals surface area contributed by atoms with Crippen LogP contribution in [0.1, 0.15) is 11.4 Å². The van der Waals surface area contributed by atoms with Gasteiger partial charge in [0.05, 0.1) is 33.6 Å². The highest BCUT2D eigenvalue weighted by Crippen LogP contribution is 2.25. The summed E-state index contributed by atoms with van der Waals surface area (Å²) in [6.45, 7) is 0. The number of aromatic nitrogens is 2. The van der Waals surface area contributed by atoms with Gasteiger partial charge in [-0.2, -0.15) is 0 Å². The zero-order valence-electron chi connectivity index (χ0n) is 26.9. The highest BCUT2D eigenvalue weighted by molar-refractivity contribution is 5.89. The first kappa shape index (κ1) is 39.8. The Hall–Kier alpha value is -8.34. The van der Waals surface area contributed by atoms with Gasteiger partial charge in [0.1, 0.15) is 11.4 Å². The average Bonchev–Trinajstić information content (AvgIpc) is 3.77. The Morgan fingerprint density at radius 1 is 0.654 bits per heavy atom. The van der Waals surface area contributed by atoms with E-state index >= 15 is 0 Å². The number of guanidine groups is 2. The molecule has 0 aliphatic rings. The van der Waals surface area contributed by atoms with Crippen molar-refractivity contribution < 1.29 is 29.6 Å². The lowest BCUT2D eigenvalue weighted by atomic mass is 10.2. The number of carboxylic acid groups (broad SMARTS) is 2. The van der Waals surface area contributed by atoms with Crippen molar-refractivity contribution in [2.45, 2.75) is 0 Å². The molecule has 20 heteroatoms. The summed E-state index contributed by atoms with van der Waals surface area (Å²) in [6, 6.07) is 20.2. The summed E-state index contributed by atoms with van der Waals surface area (Å²) in [6.07, 6.45) is 10.7. The van der Waals surface area contributed by atoms with Crippen molar-refractivity contribution in [3.63, 3.8) is 0 Å². The Balaban J connectivity index is 0.000000299. The second kappa shape index (κ2) is 20.8. The Morgan fingerprint density at radius 3 is 1.35 bits per heavy atom. The minimum Gasteiger partial charge on any atom is -0.478 e. The van der Waals surface area contributed by atoms with Crippen molar-refractivity contribution in [2.75, 3.05) is 0 Å². The molecule has 4 aromatic rings. The van der Waals surface area contributed by atoms with Crippen LogP contribution in [0.2, 0.25) is 0 Å². The maximum atomic E-state index is 11.1. The Kier molecular flexibility index (Phi) is 15.9. The number of aliphatic carboxylic acids is 2. The van der Waals surface area contributed by atoms with Crippen LogP contribution in [0.25, 0.3) is 23.5 Å². The second-order valence-electron chi connectivity index (χ2n) is 9.35. The SMILES string of the molecule is NC(N)=NNC=C=Cc1cccn1-c1ccccc1[N+](=O)[O-].NC(N)=NNC=C=Cc1cccn1-c1ccccc1[N+](=O)[O-].O=C(O)/C=C/C(=O)O. The third-order valence-electron chi connectivity index (χ3n) is 5.75. The fourth-order valence-electron chi connectivity index (χ4n) is 3.79. The van der Waals surface area contributed by atoms with Gasteiger partial charge in [-0.15, -0.1) is 10.2 Å². The van der Waals surface area contributed by atoms with E-state index in [-0.39, 0.29) is 23.3 Å². The standard InChI is InChI=1S/2C14H14N6O2.C4H4O4/c2*15-14(16)18-17-9-3-5-11-6-4-10-19(11)12-7-1-2-8-13(12)20(21)22;5-3(6)1-2-4(7)8/h2*1-2,4-10,17H,(H4,15,16,18);1-2H,(H,5,6)(H,7,8)/b;;2-1+. The number of hydrogen-bond acceptors (Lipinski definition) is 10. The molecule has 0 saturated heterocycles. The molecule has 0 spiro atoms. The zero-order chi connectivity index (χ0) is 38.5. The lowest BCUT2D eigenvalue weighted by Gasteiger charge is -2.06. The van der Waals surface area contributed by atoms with E-state index in [1.54, 1.807) is 94.3 Å². The number of nitro benzene ring substituents is 2. The van der Waals surface area contributed by atoms with E-state index < -0.39 is 21.8 Å². The summed E-state index contributed by atoms with van der Waals surface area (Å²) in [5.74, 6) is -2.71. The minimum absolute atomic E-state index is 0.0240. The van der Waals surface area contributed by atoms with E-state index in [0.717, 1.165) is 11.4 Å². The van der Waals surface area contributed by atoms with Gasteiger partial charge >= 0.3 is 11.9 Å². The fourth-order valence-corrected chi connectivity index (χ4v) is 3.79. The summed E-state index contributed by atoms with van der Waals surface area (Å²) in [5.41, 5.74) is 33.7. The first-order chi connectivity index (χ1) is 24.8. The van der Waals surface area contributed by atoms with E-state index in [9.17, 15) is 29.8 Å². The lowest BCUT2D eigenvalue weighted by Crippen LogP contribution is -2.24. The van der Waals surface area contributed by atoms with Gasteiger partial charge in [-0.05, 0) is 36.4 Å². The van der Waals surface area contributed by atoms with E-state index in [4.69, 9.17) is 33.1 Å². The van der Waals surface area contributed by atoms with Crippen LogP contribution in [0.4, 0.5) is 11.4 Å². The van der Waals surface area contributed by atoms with Crippen LogP contribution in [-0.4, -0.2) is 53.1 Å². The van der Waals surface area contributed by atoms with Gasteiger partial charge in [-0.3, -0.25) is 31.1 Å². The van der Waals surface area contributed by atoms with E-state index in [0.29, 0.717) is 23.5 Å². The van der Waals surface area contributed by atoms with Crippen LogP contribution >= 0.6 is 0 Å². The third-order valence-corrected chi connectivity index (χ3v) is 5.75. The molecular formula is C32H32N12O8. The number of carboxylic acids is 2. The van der Waals surface area contributed by atoms with Gasteiger partial charge in [0.25, 0.3) is 11.4 Å². The number of carbonyl (C=O) groups is 2. The molecule has 2 heterocycles. The molecular weight excluding hydrogens is 680 g/mol. The third kappa shape index (κ3) is 13.8. The van der Waals surface area contributed by atoms with Crippen molar-refractivity contribution >= 4 is 47.4 Å². The summed E-state index contributed by atoms with van der Waals surface area (Å²) in [4.78, 5) is 40.5. The number of nitro groups is 2. The van der Waals surface area contributed by atoms with E-state index in [1.165, 1.54) is 24.5 Å². The topological polar surface area (TPSA) is 324 Å². The van der Waals surface area contributed by atoms with Crippen molar-refractivity contribution in [2.24, 2.45) is 33.1 Å². The molecule has 4 rings (SSSR count). The van der Waals surface area contributed by atoms with Gasteiger partial charge < -0.3 is 42.3 Å². The van der Waals surface area contributed by atoms with Crippen molar-refractivity contribution in [3.8, 4) is 11.4 Å². The molecule has 52 heavy (non-hydrogen) atoms. The number of hydrogen-bond donors (Lipinski definition) is 8. The molecule has 20 nitrogen and oxygen atoms in total. The molecule has 0 unspecified atom stereocenters. The molecule has 0 radical (unpaired) electrons. The van der Waals surface area contributed by atoms with Gasteiger partial charge in [-0.1, -0.05) is 35.7 Å². The van der Waals surface area contributed by atoms with Crippen molar-refractivity contribution in [3.05, 3.63) is 153 Å². The fraction of sp³-hybridized carbons (Fsp3) is 0. The molecule has 0 fully saturated rings. The number of benzene rings is 2. The number of nitrogens with two attached hydrogens (primary N) is 4. The second-order valence-corrected chi connectivity index (χ2v) is 9.35. The Labute approximate surface area is 294 Å². The van der Waals surface area contributed by atoms with Gasteiger partial charge in [0, 0.05) is 48.8 Å². The summed E-state index contributed by atoms with van der Waals surface area (Å²) in [7, 11) is 0. The highest BCUT2D eigenvalue weighted by Gasteiger charge is 2.16. The predicted octanol–water partition coefficient (Wildman–Crippen LogP) is 2.29. The molecule has 2 aromatic carbocycles. The van der Waals surface area contributed by atoms with Crippen LogP contribution in [0.5, 0.6) is 0 Å². The summed E-state index contributed by atoms with van der Waals surface area (Å²) < 4.78 is 3.39. The minimum atomic E-state index is -1.26. The molecule has 268 valence electrons. The van der Waals surface area contributed by atoms with Crippen molar-refractivity contribution in [1.29, 1.82) is 0 Å². The Bertz CT molecular complexity index is 1940. The van der Waals surface area contributed by atoms with E-state index in [2.05, 4.69) is 32.5 Å². The molecule has 0 aliphatic heterocycles. The largest absolute Gasteiger partial charge is 0.478 e. The summed E-state index contributed by atoms with van der Waals surface area (Å²) in [5, 5.41) is 44.9. The quantitative estimate of drug-likeness (QED) is 0.0261. The number of para-hydroxylation sites is 4. The normalized spacial score (nSPS) is 9.46. The smallest absolute Gasteiger partial charge is 0.328 e. The first-order valence-corrected chi connectivity index (χ1v) is 14.3. The molecule has 0 aliphatic carbocycles. The molecule has 0 bridgehead atoms. The molecule has 12 N–H and O–H groups in total. The number of nitrogens with one attached hydrogen (secondary N) is 2. The molecule has 0 saturated carbocycles. The van der Waals surface area contributed by atoms with Crippen molar-refractivity contribution in [1.82, 2.24) is 20.0 Å². The van der Waals surface area contributed by atoms with Crippen LogP contribution in [0, 0.1) is 20.2 Å². The molecule has 0 amide bonds. The maximum absolute atomic E-state index is 11.1. The Morgan fingerprint density at radius 2 is 1.02 bits per heavy atom. The predicted molar refractivity (Wildman–Crippen MR) is 192 cm³/mol. The lowest BCUT2D eigenvalue weighted by molar-refractivity contribution is -0.384. The highest BCUT2D eigenvalue weighted by atomic mass is 16.6. The first-order valence-electron chi connectivity index (χ1n) is 14.3. The van der Waals surface area contributed by atoms with Crippen LogP contribution in [0.3, 0.4) is 0 Å². The van der Waals surface area contributed by atoms with E-state index in [1.807, 2.05) is 0 Å². The maximum Gasteiger partial charge on any atom is 0.328 e. The summed E-state index contributed by atoms with van der Waals surface area (Å²) >= 11 is 0. The van der Waals surface area contributed by atoms with Gasteiger partial charge in [-0.25, -0.2) is 9.59 Å². The van der Waals surface area contributed by atoms with Gasteiger partial charge in [0.15, 0.2) is 0 Å². The number of rotatable bonds is 12. The number of nitrogens with zero attached hydrogens (tertiary/aromatic N) is 6. The monoisotopic (exact) mass is 712 g/mol. The van der Waals surface area contributed by atoms with Crippen LogP contribution in [0.15, 0.2) is 131 Å².